The van der Waals surface area contributed by atoms with E-state index >= 15 is 0 Å². The maximum absolute atomic E-state index is 12.8. The van der Waals surface area contributed by atoms with Gasteiger partial charge in [0.15, 0.2) is 5.69 Å². The highest BCUT2D eigenvalue weighted by Crippen LogP contribution is 2.26. The van der Waals surface area contributed by atoms with Gasteiger partial charge in [0.25, 0.3) is 0 Å². The Morgan fingerprint density at radius 3 is 2.53 bits per heavy atom. The summed E-state index contributed by atoms with van der Waals surface area (Å²) in [5.41, 5.74) is 4.68. The fraction of sp³-hybridized carbons (Fsp3) is 0.261. The molecule has 3 aromatic rings. The number of para-hydroxylation sites is 1. The van der Waals surface area contributed by atoms with Crippen molar-refractivity contribution in [1.29, 1.82) is 0 Å². The fourth-order valence-corrected chi connectivity index (χ4v) is 3.58. The summed E-state index contributed by atoms with van der Waals surface area (Å²) in [5, 5.41) is 7.48. The van der Waals surface area contributed by atoms with Crippen molar-refractivity contribution < 1.29 is 14.3 Å². The Hall–Kier alpha value is -3.61. The van der Waals surface area contributed by atoms with E-state index < -0.39 is 5.97 Å². The molecule has 0 radical (unpaired) electrons. The van der Waals surface area contributed by atoms with Gasteiger partial charge in [0, 0.05) is 24.2 Å². The molecule has 154 valence electrons. The molecule has 2 heterocycles. The number of carbonyl (C=O) groups is 2. The first-order chi connectivity index (χ1) is 14.6. The Labute approximate surface area is 175 Å². The molecular formula is C23H24N4O3. The van der Waals surface area contributed by atoms with Crippen LogP contribution in [0, 0.1) is 6.92 Å². The Balaban J connectivity index is 1.62. The minimum Gasteiger partial charge on any atom is -0.461 e. The molecule has 0 aliphatic carbocycles. The number of aryl methyl sites for hydroxylation is 1. The molecule has 0 bridgehead atoms. The van der Waals surface area contributed by atoms with Crippen LogP contribution in [0.4, 0.5) is 10.5 Å². The van der Waals surface area contributed by atoms with Crippen LogP contribution >= 0.6 is 0 Å². The summed E-state index contributed by atoms with van der Waals surface area (Å²) in [5.74, 6) is -0.468. The first-order valence-corrected chi connectivity index (χ1v) is 10.0. The van der Waals surface area contributed by atoms with Crippen LogP contribution in [0.2, 0.25) is 0 Å². The van der Waals surface area contributed by atoms with Crippen molar-refractivity contribution in [2.45, 2.75) is 26.8 Å². The minimum atomic E-state index is -0.468. The minimum absolute atomic E-state index is 0.202. The smallest absolute Gasteiger partial charge is 0.359 e. The van der Waals surface area contributed by atoms with Crippen LogP contribution in [-0.4, -0.2) is 39.8 Å². The average Bonchev–Trinajstić information content (AvgIpc) is 3.15. The van der Waals surface area contributed by atoms with Crippen molar-refractivity contribution in [3.63, 3.8) is 0 Å². The molecule has 1 aliphatic heterocycles. The molecule has 0 fully saturated rings. The topological polar surface area (TPSA) is 76.5 Å². The predicted octanol–water partition coefficient (Wildman–Crippen LogP) is 3.95. The molecule has 7 heteroatoms. The van der Waals surface area contributed by atoms with Gasteiger partial charge in [-0.25, -0.2) is 14.3 Å². The van der Waals surface area contributed by atoms with Crippen molar-refractivity contribution in [2.24, 2.45) is 0 Å². The number of hydrogen-bond acceptors (Lipinski definition) is 4. The number of urea groups is 1. The van der Waals surface area contributed by atoms with E-state index in [0.29, 0.717) is 19.5 Å². The second-order valence-corrected chi connectivity index (χ2v) is 7.21. The van der Waals surface area contributed by atoms with Gasteiger partial charge < -0.3 is 15.0 Å². The van der Waals surface area contributed by atoms with Crippen LogP contribution in [0.25, 0.3) is 5.69 Å². The summed E-state index contributed by atoms with van der Waals surface area (Å²) in [6.07, 6.45) is 0.595. The largest absolute Gasteiger partial charge is 0.461 e. The van der Waals surface area contributed by atoms with E-state index in [0.717, 1.165) is 28.2 Å². The van der Waals surface area contributed by atoms with Crippen molar-refractivity contribution >= 4 is 17.7 Å². The summed E-state index contributed by atoms with van der Waals surface area (Å²) in [6.45, 7) is 4.86. The van der Waals surface area contributed by atoms with Gasteiger partial charge in [-0.15, -0.1) is 0 Å². The Morgan fingerprint density at radius 1 is 1.10 bits per heavy atom. The molecule has 0 saturated carbocycles. The van der Waals surface area contributed by atoms with E-state index in [1.165, 1.54) is 0 Å². The lowest BCUT2D eigenvalue weighted by atomic mass is 10.0. The van der Waals surface area contributed by atoms with Gasteiger partial charge >= 0.3 is 12.0 Å². The number of nitrogens with zero attached hydrogens (tertiary/aromatic N) is 3. The summed E-state index contributed by atoms with van der Waals surface area (Å²) < 4.78 is 7.00. The number of aromatic nitrogens is 2. The van der Waals surface area contributed by atoms with E-state index in [-0.39, 0.29) is 18.3 Å². The number of hydrogen-bond donors (Lipinski definition) is 1. The maximum atomic E-state index is 12.8. The van der Waals surface area contributed by atoms with Crippen molar-refractivity contribution in [3.05, 3.63) is 77.1 Å². The molecule has 2 aromatic carbocycles. The van der Waals surface area contributed by atoms with Crippen LogP contribution in [0.3, 0.4) is 0 Å². The quantitative estimate of drug-likeness (QED) is 0.668. The molecule has 0 atom stereocenters. The highest BCUT2D eigenvalue weighted by Gasteiger charge is 2.31. The lowest BCUT2D eigenvalue weighted by Crippen LogP contribution is -2.39. The highest BCUT2D eigenvalue weighted by atomic mass is 16.5. The molecular weight excluding hydrogens is 380 g/mol. The third-order valence-electron chi connectivity index (χ3n) is 5.12. The van der Waals surface area contributed by atoms with Crippen LogP contribution < -0.4 is 5.32 Å². The lowest BCUT2D eigenvalue weighted by Gasteiger charge is -2.28. The number of nitrogens with one attached hydrogen (secondary N) is 1. The summed E-state index contributed by atoms with van der Waals surface area (Å²) in [4.78, 5) is 27.1. The monoisotopic (exact) mass is 404 g/mol. The van der Waals surface area contributed by atoms with Crippen molar-refractivity contribution in [3.8, 4) is 5.69 Å². The lowest BCUT2D eigenvalue weighted by molar-refractivity contribution is 0.0516. The molecule has 1 N–H and O–H groups in total. The second-order valence-electron chi connectivity index (χ2n) is 7.21. The van der Waals surface area contributed by atoms with Crippen LogP contribution in [-0.2, 0) is 17.7 Å². The molecule has 1 aromatic heterocycles. The van der Waals surface area contributed by atoms with E-state index in [1.54, 1.807) is 16.5 Å². The Bertz CT molecular complexity index is 1060. The summed E-state index contributed by atoms with van der Waals surface area (Å²) >= 11 is 0. The molecule has 0 saturated heterocycles. The average molecular weight is 404 g/mol. The zero-order valence-corrected chi connectivity index (χ0v) is 17.1. The molecule has 30 heavy (non-hydrogen) atoms. The summed E-state index contributed by atoms with van der Waals surface area (Å²) in [6, 6.07) is 17.1. The van der Waals surface area contributed by atoms with E-state index in [2.05, 4.69) is 10.4 Å². The van der Waals surface area contributed by atoms with Gasteiger partial charge in [0.2, 0.25) is 0 Å². The number of carbonyl (C=O) groups excluding carboxylic acids is 2. The SMILES string of the molecule is CCOC(=O)c1nn(-c2ccccc2)c2c1CN(C(=O)Nc1ccc(C)cc1)CC2. The standard InChI is InChI=1S/C23H24N4O3/c1-3-30-22(28)21-19-15-26(23(29)24-17-11-9-16(2)10-12-17)14-13-20(19)27(25-21)18-7-5-4-6-8-18/h4-12H,3,13-15H2,1-2H3,(H,24,29). The third-order valence-corrected chi connectivity index (χ3v) is 5.12. The fourth-order valence-electron chi connectivity index (χ4n) is 3.58. The number of benzene rings is 2. The zero-order chi connectivity index (χ0) is 21.1. The number of fused-ring (bicyclic) bond motifs is 1. The van der Waals surface area contributed by atoms with Crippen molar-refractivity contribution in [1.82, 2.24) is 14.7 Å². The van der Waals surface area contributed by atoms with Gasteiger partial charge in [0.1, 0.15) is 0 Å². The molecule has 1 aliphatic rings. The van der Waals surface area contributed by atoms with E-state index in [4.69, 9.17) is 4.74 Å². The Morgan fingerprint density at radius 2 is 1.83 bits per heavy atom. The van der Waals surface area contributed by atoms with Gasteiger partial charge in [-0.3, -0.25) is 0 Å². The third kappa shape index (κ3) is 3.91. The number of rotatable bonds is 4. The number of anilines is 1. The molecule has 0 spiro atoms. The molecule has 0 unspecified atom stereocenters. The number of esters is 1. The molecule has 7 nitrogen and oxygen atoms in total. The molecule has 4 rings (SSSR count). The van der Waals surface area contributed by atoms with Crippen LogP contribution in [0.15, 0.2) is 54.6 Å². The van der Waals surface area contributed by atoms with E-state index in [1.807, 2.05) is 61.5 Å². The number of ether oxygens (including phenoxy) is 1. The first-order valence-electron chi connectivity index (χ1n) is 10.0. The zero-order valence-electron chi connectivity index (χ0n) is 17.1. The van der Waals surface area contributed by atoms with E-state index in [9.17, 15) is 9.59 Å². The highest BCUT2D eigenvalue weighted by molar-refractivity contribution is 5.91. The summed E-state index contributed by atoms with van der Waals surface area (Å²) in [7, 11) is 0. The first kappa shape index (κ1) is 19.7. The van der Waals surface area contributed by atoms with Gasteiger partial charge in [-0.05, 0) is 38.1 Å². The maximum Gasteiger partial charge on any atom is 0.359 e. The normalized spacial score (nSPS) is 12.9. The number of amides is 2. The van der Waals surface area contributed by atoms with Crippen LogP contribution in [0.1, 0.15) is 34.2 Å². The second kappa shape index (κ2) is 8.41. The van der Waals surface area contributed by atoms with Gasteiger partial charge in [-0.1, -0.05) is 35.9 Å². The predicted molar refractivity (Wildman–Crippen MR) is 114 cm³/mol. The van der Waals surface area contributed by atoms with Crippen LogP contribution in [0.5, 0.6) is 0 Å². The molecule has 2 amide bonds. The van der Waals surface area contributed by atoms with Crippen molar-refractivity contribution in [2.75, 3.05) is 18.5 Å². The Kier molecular flexibility index (Phi) is 5.52. The van der Waals surface area contributed by atoms with Gasteiger partial charge in [0.05, 0.1) is 24.5 Å². The van der Waals surface area contributed by atoms with Gasteiger partial charge in [-0.2, -0.15) is 5.10 Å².